The zero-order valence-electron chi connectivity index (χ0n) is 10.4. The highest BCUT2D eigenvalue weighted by Crippen LogP contribution is 2.25. The number of rotatable bonds is 4. The van der Waals surface area contributed by atoms with Gasteiger partial charge in [0.1, 0.15) is 5.82 Å². The molecule has 1 aliphatic rings. The molecule has 1 aromatic heterocycles. The minimum absolute atomic E-state index is 0.280. The van der Waals surface area contributed by atoms with Gasteiger partial charge in [0.15, 0.2) is 0 Å². The molecule has 0 spiro atoms. The first-order valence-corrected chi connectivity index (χ1v) is 6.22. The highest BCUT2D eigenvalue weighted by Gasteiger charge is 2.16. The standard InChI is InChI=1S/C14H17N3O/c1-15-13(7-14-16-4-5-17-14)10-2-3-11-8-18-9-12(11)6-10/h2-6,13,15H,7-9H2,1H3,(H,16,17). The Hall–Kier alpha value is -1.65. The van der Waals surface area contributed by atoms with E-state index in [0.717, 1.165) is 25.5 Å². The molecular formula is C14H17N3O. The molecule has 4 heteroatoms. The van der Waals surface area contributed by atoms with Gasteiger partial charge in [-0.3, -0.25) is 0 Å². The van der Waals surface area contributed by atoms with E-state index in [1.807, 2.05) is 13.2 Å². The molecular weight excluding hydrogens is 226 g/mol. The molecule has 2 N–H and O–H groups in total. The summed E-state index contributed by atoms with van der Waals surface area (Å²) in [6, 6.07) is 6.87. The van der Waals surface area contributed by atoms with Crippen molar-refractivity contribution in [2.24, 2.45) is 0 Å². The molecule has 2 aromatic rings. The molecule has 0 radical (unpaired) electrons. The van der Waals surface area contributed by atoms with E-state index < -0.39 is 0 Å². The van der Waals surface area contributed by atoms with E-state index in [-0.39, 0.29) is 6.04 Å². The van der Waals surface area contributed by atoms with Gasteiger partial charge in [-0.2, -0.15) is 0 Å². The number of fused-ring (bicyclic) bond motifs is 1. The summed E-state index contributed by atoms with van der Waals surface area (Å²) in [6.45, 7) is 1.48. The molecule has 4 nitrogen and oxygen atoms in total. The average molecular weight is 243 g/mol. The molecule has 0 aliphatic carbocycles. The fraction of sp³-hybridized carbons (Fsp3) is 0.357. The number of nitrogens with one attached hydrogen (secondary N) is 2. The van der Waals surface area contributed by atoms with Gasteiger partial charge in [0, 0.05) is 24.9 Å². The van der Waals surface area contributed by atoms with Crippen molar-refractivity contribution in [3.63, 3.8) is 0 Å². The third-order valence-electron chi connectivity index (χ3n) is 3.45. The maximum absolute atomic E-state index is 5.45. The smallest absolute Gasteiger partial charge is 0.107 e. The maximum atomic E-state index is 5.45. The molecule has 0 saturated carbocycles. The summed E-state index contributed by atoms with van der Waals surface area (Å²) in [6.07, 6.45) is 4.51. The van der Waals surface area contributed by atoms with E-state index in [9.17, 15) is 0 Å². The van der Waals surface area contributed by atoms with Crippen LogP contribution in [0.4, 0.5) is 0 Å². The van der Waals surface area contributed by atoms with Crippen molar-refractivity contribution >= 4 is 0 Å². The topological polar surface area (TPSA) is 49.9 Å². The van der Waals surface area contributed by atoms with Crippen molar-refractivity contribution in [2.45, 2.75) is 25.7 Å². The minimum Gasteiger partial charge on any atom is -0.372 e. The largest absolute Gasteiger partial charge is 0.372 e. The maximum Gasteiger partial charge on any atom is 0.107 e. The Kier molecular flexibility index (Phi) is 3.13. The lowest BCUT2D eigenvalue weighted by Gasteiger charge is -2.16. The van der Waals surface area contributed by atoms with E-state index in [0.29, 0.717) is 0 Å². The summed E-state index contributed by atoms with van der Waals surface area (Å²) in [7, 11) is 1.98. The van der Waals surface area contributed by atoms with Crippen LogP contribution in [-0.2, 0) is 24.4 Å². The van der Waals surface area contributed by atoms with Crippen LogP contribution < -0.4 is 5.32 Å². The van der Waals surface area contributed by atoms with E-state index in [1.165, 1.54) is 16.7 Å². The number of ether oxygens (including phenoxy) is 1. The van der Waals surface area contributed by atoms with Crippen molar-refractivity contribution < 1.29 is 4.74 Å². The number of hydrogen-bond donors (Lipinski definition) is 2. The van der Waals surface area contributed by atoms with Gasteiger partial charge in [-0.25, -0.2) is 4.98 Å². The van der Waals surface area contributed by atoms with Gasteiger partial charge in [-0.15, -0.1) is 0 Å². The number of aromatic nitrogens is 2. The Morgan fingerprint density at radius 2 is 2.28 bits per heavy atom. The van der Waals surface area contributed by atoms with Gasteiger partial charge in [0.2, 0.25) is 0 Å². The quantitative estimate of drug-likeness (QED) is 0.863. The summed E-state index contributed by atoms with van der Waals surface area (Å²) in [5, 5.41) is 3.35. The third kappa shape index (κ3) is 2.17. The van der Waals surface area contributed by atoms with Crippen molar-refractivity contribution in [2.75, 3.05) is 7.05 Å². The van der Waals surface area contributed by atoms with Crippen LogP contribution in [0.5, 0.6) is 0 Å². The normalized spacial score (nSPS) is 15.6. The van der Waals surface area contributed by atoms with E-state index >= 15 is 0 Å². The number of H-pyrrole nitrogens is 1. The molecule has 1 aromatic carbocycles. The molecule has 0 fully saturated rings. The Morgan fingerprint density at radius 3 is 3.06 bits per heavy atom. The number of nitrogens with zero attached hydrogens (tertiary/aromatic N) is 1. The summed E-state index contributed by atoms with van der Waals surface area (Å²) in [4.78, 5) is 7.43. The molecule has 2 heterocycles. The minimum atomic E-state index is 0.280. The lowest BCUT2D eigenvalue weighted by atomic mass is 9.99. The van der Waals surface area contributed by atoms with Gasteiger partial charge in [0.05, 0.1) is 13.2 Å². The summed E-state index contributed by atoms with van der Waals surface area (Å²) in [5.74, 6) is 1.01. The molecule has 18 heavy (non-hydrogen) atoms. The summed E-state index contributed by atoms with van der Waals surface area (Å²) < 4.78 is 5.45. The number of benzene rings is 1. The molecule has 94 valence electrons. The number of likely N-dealkylation sites (N-methyl/N-ethyl adjacent to an activating group) is 1. The summed E-state index contributed by atoms with van der Waals surface area (Å²) >= 11 is 0. The van der Waals surface area contributed by atoms with E-state index in [2.05, 4.69) is 33.5 Å². The zero-order valence-corrected chi connectivity index (χ0v) is 10.4. The Balaban J connectivity index is 1.83. The predicted octanol–water partition coefficient (Wildman–Crippen LogP) is 1.94. The van der Waals surface area contributed by atoms with Crippen molar-refractivity contribution in [3.05, 3.63) is 53.1 Å². The van der Waals surface area contributed by atoms with E-state index in [1.54, 1.807) is 6.20 Å². The molecule has 1 unspecified atom stereocenters. The van der Waals surface area contributed by atoms with Crippen LogP contribution in [0.2, 0.25) is 0 Å². The van der Waals surface area contributed by atoms with Crippen molar-refractivity contribution in [3.8, 4) is 0 Å². The van der Waals surface area contributed by atoms with Crippen molar-refractivity contribution in [1.82, 2.24) is 15.3 Å². The molecule has 1 atom stereocenters. The van der Waals surface area contributed by atoms with Crippen LogP contribution in [0.25, 0.3) is 0 Å². The Bertz CT molecular complexity index is 522. The highest BCUT2D eigenvalue weighted by molar-refractivity contribution is 5.34. The monoisotopic (exact) mass is 243 g/mol. The second-order valence-electron chi connectivity index (χ2n) is 4.60. The Morgan fingerprint density at radius 1 is 1.39 bits per heavy atom. The second-order valence-corrected chi connectivity index (χ2v) is 4.60. The molecule has 3 rings (SSSR count). The van der Waals surface area contributed by atoms with Crippen molar-refractivity contribution in [1.29, 1.82) is 0 Å². The number of hydrogen-bond acceptors (Lipinski definition) is 3. The molecule has 0 amide bonds. The molecule has 1 aliphatic heterocycles. The van der Waals surface area contributed by atoms with Gasteiger partial charge < -0.3 is 15.0 Å². The van der Waals surface area contributed by atoms with E-state index in [4.69, 9.17) is 4.74 Å². The van der Waals surface area contributed by atoms with Gasteiger partial charge in [0.25, 0.3) is 0 Å². The van der Waals surface area contributed by atoms with Gasteiger partial charge in [-0.1, -0.05) is 18.2 Å². The average Bonchev–Trinajstić information content (AvgIpc) is 3.06. The first-order chi connectivity index (χ1) is 8.86. The summed E-state index contributed by atoms with van der Waals surface area (Å²) in [5.41, 5.74) is 3.91. The van der Waals surface area contributed by atoms with Crippen LogP contribution in [0.15, 0.2) is 30.6 Å². The number of imidazole rings is 1. The van der Waals surface area contributed by atoms with Crippen LogP contribution in [0, 0.1) is 0 Å². The first-order valence-electron chi connectivity index (χ1n) is 6.22. The first kappa shape index (κ1) is 11.4. The number of aromatic amines is 1. The van der Waals surface area contributed by atoms with Gasteiger partial charge >= 0.3 is 0 Å². The molecule has 0 bridgehead atoms. The van der Waals surface area contributed by atoms with Gasteiger partial charge in [-0.05, 0) is 23.7 Å². The van der Waals surface area contributed by atoms with Crippen LogP contribution in [0.3, 0.4) is 0 Å². The SMILES string of the molecule is CNC(Cc1ncc[nH]1)c1ccc2c(c1)COC2. The zero-order chi connectivity index (χ0) is 12.4. The fourth-order valence-electron chi connectivity index (χ4n) is 2.40. The molecule has 0 saturated heterocycles. The lowest BCUT2D eigenvalue weighted by Crippen LogP contribution is -2.19. The van der Waals surface area contributed by atoms with Crippen LogP contribution >= 0.6 is 0 Å². The predicted molar refractivity (Wildman–Crippen MR) is 69.0 cm³/mol. The fourth-order valence-corrected chi connectivity index (χ4v) is 2.40. The highest BCUT2D eigenvalue weighted by atomic mass is 16.5. The second kappa shape index (κ2) is 4.92. The van der Waals surface area contributed by atoms with Crippen LogP contribution in [-0.4, -0.2) is 17.0 Å². The Labute approximate surface area is 106 Å². The lowest BCUT2D eigenvalue weighted by molar-refractivity contribution is 0.134. The van der Waals surface area contributed by atoms with Crippen LogP contribution in [0.1, 0.15) is 28.6 Å². The third-order valence-corrected chi connectivity index (χ3v) is 3.45.